The quantitative estimate of drug-likeness (QED) is 0.224. The molecule has 6 heterocycles. The average molecular weight is 960 g/mol. The zero-order chi connectivity index (χ0) is 47.8. The van der Waals surface area contributed by atoms with Crippen molar-refractivity contribution in [1.82, 2.24) is 30.0 Å². The zero-order valence-corrected chi connectivity index (χ0v) is 42.6. The minimum absolute atomic E-state index is 0.141. The number of carbonyl (C=O) groups excluding carboxylic acids is 3. The van der Waals surface area contributed by atoms with Gasteiger partial charge >= 0.3 is 18.3 Å². The summed E-state index contributed by atoms with van der Waals surface area (Å²) < 4.78 is 17.2. The number of hydrogen-bond donors (Lipinski definition) is 2. The minimum Gasteiger partial charge on any atom is -0.444 e. The Labute approximate surface area is 394 Å². The molecule has 0 spiro atoms. The molecular formula is C50H83BrN6O7. The molecule has 0 radical (unpaired) electrons. The lowest BCUT2D eigenvalue weighted by molar-refractivity contribution is 0.0167. The average Bonchev–Trinajstić information content (AvgIpc) is 3.22. The molecule has 4 aliphatic rings. The van der Waals surface area contributed by atoms with Crippen molar-refractivity contribution < 1.29 is 33.7 Å². The van der Waals surface area contributed by atoms with E-state index in [9.17, 15) is 14.4 Å². The smallest absolute Gasteiger partial charge is 0.410 e. The van der Waals surface area contributed by atoms with E-state index >= 15 is 0 Å². The fraction of sp³-hybridized carbons (Fsp3) is 0.700. The molecule has 14 heteroatoms. The molecule has 6 rings (SSSR count). The maximum absolute atomic E-state index is 12.0. The van der Waals surface area contributed by atoms with E-state index < -0.39 is 11.2 Å². The number of piperidine rings is 4. The summed E-state index contributed by atoms with van der Waals surface area (Å²) in [6, 6.07) is 7.92. The monoisotopic (exact) mass is 959 g/mol. The van der Waals surface area contributed by atoms with Gasteiger partial charge in [-0.2, -0.15) is 0 Å². The topological polar surface area (TPSA) is 147 Å². The Morgan fingerprint density at radius 3 is 1.34 bits per heavy atom. The summed E-state index contributed by atoms with van der Waals surface area (Å²) in [5.74, 6) is 2.35. The van der Waals surface area contributed by atoms with Gasteiger partial charge in [0.05, 0.1) is 0 Å². The normalized spacial score (nSPS) is 17.7. The van der Waals surface area contributed by atoms with Crippen LogP contribution in [0.2, 0.25) is 0 Å². The van der Waals surface area contributed by atoms with Crippen LogP contribution >= 0.6 is 15.9 Å². The van der Waals surface area contributed by atoms with Crippen molar-refractivity contribution in [1.29, 1.82) is 0 Å². The third kappa shape index (κ3) is 26.3. The molecule has 0 saturated carbocycles. The van der Waals surface area contributed by atoms with Gasteiger partial charge in [-0.1, -0.05) is 28.1 Å². The number of pyridine rings is 2. The number of carbonyl (C=O) groups is 3. The highest BCUT2D eigenvalue weighted by Crippen LogP contribution is 2.29. The Kier molecular flexibility index (Phi) is 25.6. The van der Waals surface area contributed by atoms with E-state index in [1.54, 1.807) is 24.2 Å². The fourth-order valence-electron chi connectivity index (χ4n) is 7.43. The molecule has 13 nitrogen and oxygen atoms in total. The van der Waals surface area contributed by atoms with Gasteiger partial charge in [0, 0.05) is 75.1 Å². The van der Waals surface area contributed by atoms with Crippen molar-refractivity contribution in [3.05, 3.63) is 71.2 Å². The molecule has 2 N–H and O–H groups in total. The van der Waals surface area contributed by atoms with Crippen molar-refractivity contribution in [3.8, 4) is 0 Å². The first-order valence-electron chi connectivity index (χ1n) is 23.4. The Morgan fingerprint density at radius 1 is 0.641 bits per heavy atom. The molecule has 2 aromatic heterocycles. The van der Waals surface area contributed by atoms with Crippen molar-refractivity contribution >= 4 is 34.2 Å². The molecule has 2 aromatic rings. The van der Waals surface area contributed by atoms with Crippen molar-refractivity contribution in [2.24, 2.45) is 17.8 Å². The van der Waals surface area contributed by atoms with Crippen LogP contribution in [0, 0.1) is 17.8 Å². The molecule has 362 valence electrons. The van der Waals surface area contributed by atoms with Crippen LogP contribution in [0.5, 0.6) is 0 Å². The number of likely N-dealkylation sites (tertiary alicyclic amines) is 3. The van der Waals surface area contributed by atoms with Crippen LogP contribution in [-0.2, 0) is 20.6 Å². The first-order chi connectivity index (χ1) is 30.1. The minimum atomic E-state index is -0.412. The Balaban J connectivity index is 0.000000301. The van der Waals surface area contributed by atoms with E-state index in [0.29, 0.717) is 5.92 Å². The van der Waals surface area contributed by atoms with E-state index in [0.717, 1.165) is 101 Å². The van der Waals surface area contributed by atoms with Gasteiger partial charge in [0.25, 0.3) is 0 Å². The standard InChI is InChI=1S/C16H30N2O2.C16H24N2O2.C11H19NO2.C5H4BrN.C2H6O/c2*1-16(2,3)20-15(19)18-10-6-14(7-11-18)12-13-4-8-17-9-5-13;1-9-5-7-12(8-6-9)10(13)14-11(2,3)4;6-5-1-3-7-4-2-5;1-2-3/h13-14,17H,4-12H2,1-3H3;4-5,8-9,14H,6-7,10-12H2,1-3H3;1,5-8H2,2-4H3;1-4H;3H,2H2,1H3. The predicted molar refractivity (Wildman–Crippen MR) is 260 cm³/mol. The summed E-state index contributed by atoms with van der Waals surface area (Å²) in [4.78, 5) is 48.9. The first-order valence-corrected chi connectivity index (χ1v) is 24.2. The molecule has 0 aliphatic carbocycles. The number of aliphatic hydroxyl groups excluding tert-OH is 1. The van der Waals surface area contributed by atoms with E-state index in [1.165, 1.54) is 43.5 Å². The number of ether oxygens (including phenoxy) is 3. The molecule has 0 atom stereocenters. The zero-order valence-electron chi connectivity index (χ0n) is 41.0. The second kappa shape index (κ2) is 29.0. The lowest BCUT2D eigenvalue weighted by Crippen LogP contribution is -2.42. The Bertz CT molecular complexity index is 1600. The van der Waals surface area contributed by atoms with Gasteiger partial charge in [-0.25, -0.2) is 14.4 Å². The van der Waals surface area contributed by atoms with Crippen molar-refractivity contribution in [2.45, 2.75) is 150 Å². The number of hydrogen-bond acceptors (Lipinski definition) is 10. The van der Waals surface area contributed by atoms with Crippen LogP contribution in [-0.4, -0.2) is 124 Å². The Morgan fingerprint density at radius 2 is 0.984 bits per heavy atom. The van der Waals surface area contributed by atoms with Gasteiger partial charge in [0.15, 0.2) is 0 Å². The number of aromatic nitrogens is 2. The first kappa shape index (κ1) is 56.4. The molecule has 4 aliphatic heterocycles. The molecule has 0 unspecified atom stereocenters. The highest BCUT2D eigenvalue weighted by Gasteiger charge is 2.29. The molecule has 0 bridgehead atoms. The van der Waals surface area contributed by atoms with Gasteiger partial charge in [-0.3, -0.25) is 9.97 Å². The Hall–Kier alpha value is -3.75. The van der Waals surface area contributed by atoms with Crippen molar-refractivity contribution in [2.75, 3.05) is 59.0 Å². The van der Waals surface area contributed by atoms with Crippen LogP contribution in [0.3, 0.4) is 0 Å². The molecular weight excluding hydrogens is 876 g/mol. The summed E-state index contributed by atoms with van der Waals surface area (Å²) in [7, 11) is 0. The van der Waals surface area contributed by atoms with Crippen LogP contribution in [0.25, 0.3) is 0 Å². The second-order valence-corrected chi connectivity index (χ2v) is 20.9. The van der Waals surface area contributed by atoms with Gasteiger partial charge in [0.1, 0.15) is 16.8 Å². The second-order valence-electron chi connectivity index (χ2n) is 20.0. The van der Waals surface area contributed by atoms with Gasteiger partial charge in [-0.05, 0) is 194 Å². The van der Waals surface area contributed by atoms with Crippen LogP contribution in [0.1, 0.15) is 133 Å². The molecule has 3 amide bonds. The number of rotatable bonds is 4. The van der Waals surface area contributed by atoms with Crippen LogP contribution < -0.4 is 5.32 Å². The molecule has 64 heavy (non-hydrogen) atoms. The highest BCUT2D eigenvalue weighted by atomic mass is 79.9. The maximum atomic E-state index is 12.0. The van der Waals surface area contributed by atoms with Gasteiger partial charge in [-0.15, -0.1) is 0 Å². The predicted octanol–water partition coefficient (Wildman–Crippen LogP) is 10.7. The van der Waals surface area contributed by atoms with Gasteiger partial charge < -0.3 is 39.3 Å². The fourth-order valence-corrected chi connectivity index (χ4v) is 7.67. The lowest BCUT2D eigenvalue weighted by Gasteiger charge is -2.35. The lowest BCUT2D eigenvalue weighted by atomic mass is 9.83. The van der Waals surface area contributed by atoms with Crippen molar-refractivity contribution in [3.63, 3.8) is 0 Å². The number of amides is 3. The third-order valence-corrected chi connectivity index (χ3v) is 11.2. The van der Waals surface area contributed by atoms with E-state index in [2.05, 4.69) is 49.9 Å². The van der Waals surface area contributed by atoms with E-state index in [-0.39, 0.29) is 30.5 Å². The maximum Gasteiger partial charge on any atom is 0.410 e. The number of aliphatic hydroxyl groups is 1. The number of nitrogens with zero attached hydrogens (tertiary/aromatic N) is 5. The van der Waals surface area contributed by atoms with E-state index in [4.69, 9.17) is 19.3 Å². The third-order valence-electron chi connectivity index (χ3n) is 10.7. The SMILES string of the molecule is Brc1ccncc1.C=C1CCN(C(=O)OC(C)(C)C)CC1.CC(C)(C)OC(=O)N1CCC(CC2CCNCC2)CC1.CC(C)(C)OC(=O)N1CCC(Cc2ccncc2)CC1.CCO. The molecule has 0 aromatic carbocycles. The van der Waals surface area contributed by atoms with E-state index in [1.807, 2.05) is 96.6 Å². The molecule has 4 saturated heterocycles. The summed E-state index contributed by atoms with van der Waals surface area (Å²) in [5.41, 5.74) is 1.36. The number of halogens is 1. The number of nitrogens with one attached hydrogen (secondary N) is 1. The molecule has 4 fully saturated rings. The largest absolute Gasteiger partial charge is 0.444 e. The highest BCUT2D eigenvalue weighted by molar-refractivity contribution is 9.10. The summed E-state index contributed by atoms with van der Waals surface area (Å²) in [6.07, 6.45) is 17.9. The van der Waals surface area contributed by atoms with Crippen LogP contribution in [0.4, 0.5) is 14.4 Å². The van der Waals surface area contributed by atoms with Crippen LogP contribution in [0.15, 0.2) is 65.7 Å². The summed E-state index contributed by atoms with van der Waals surface area (Å²) >= 11 is 3.27. The summed E-state index contributed by atoms with van der Waals surface area (Å²) in [5, 5.41) is 11.0. The summed E-state index contributed by atoms with van der Waals surface area (Å²) in [6.45, 7) is 30.1. The van der Waals surface area contributed by atoms with Gasteiger partial charge in [0.2, 0.25) is 0 Å².